The molecule has 0 radical (unpaired) electrons. The number of rotatable bonds is 4. The van der Waals surface area contributed by atoms with Gasteiger partial charge in [-0.3, -0.25) is 9.78 Å². The molecule has 0 amide bonds. The number of aromatic nitrogens is 1. The van der Waals surface area contributed by atoms with E-state index in [0.717, 1.165) is 38.0 Å². The Labute approximate surface area is 103 Å². The number of ketones is 1. The maximum atomic E-state index is 12.5. The quantitative estimate of drug-likeness (QED) is 0.863. The van der Waals surface area contributed by atoms with E-state index < -0.39 is 0 Å². The van der Waals surface area contributed by atoms with Crippen molar-refractivity contribution >= 4 is 5.78 Å². The van der Waals surface area contributed by atoms with E-state index in [1.165, 1.54) is 0 Å². The monoisotopic (exact) mass is 232 g/mol. The lowest BCUT2D eigenvalue weighted by atomic mass is 9.72. The molecule has 1 N–H and O–H groups in total. The first-order valence-corrected chi connectivity index (χ1v) is 6.41. The average Bonchev–Trinajstić information content (AvgIpc) is 2.40. The molecule has 0 unspecified atom stereocenters. The zero-order chi connectivity index (χ0) is 12.1. The largest absolute Gasteiger partial charge is 0.317 e. The van der Waals surface area contributed by atoms with Gasteiger partial charge in [-0.25, -0.2) is 0 Å². The second-order valence-corrected chi connectivity index (χ2v) is 4.80. The maximum Gasteiger partial charge on any atom is 0.145 e. The molecule has 0 atom stereocenters. The fourth-order valence-electron chi connectivity index (χ4n) is 2.59. The van der Waals surface area contributed by atoms with E-state index in [-0.39, 0.29) is 5.41 Å². The summed E-state index contributed by atoms with van der Waals surface area (Å²) in [5.74, 6) is 0.361. The summed E-state index contributed by atoms with van der Waals surface area (Å²) >= 11 is 0. The molecule has 0 aliphatic carbocycles. The molecular formula is C14H20N2O. The molecule has 1 aliphatic rings. The first-order valence-electron chi connectivity index (χ1n) is 6.41. The van der Waals surface area contributed by atoms with Gasteiger partial charge in [-0.15, -0.1) is 0 Å². The summed E-state index contributed by atoms with van der Waals surface area (Å²) in [6.07, 6.45) is 5.11. The number of hydrogen-bond acceptors (Lipinski definition) is 3. The van der Waals surface area contributed by atoms with Gasteiger partial charge in [-0.05, 0) is 44.5 Å². The summed E-state index contributed by atoms with van der Waals surface area (Å²) in [5, 5.41) is 3.32. The molecule has 0 spiro atoms. The van der Waals surface area contributed by atoms with Crippen LogP contribution < -0.4 is 5.32 Å². The van der Waals surface area contributed by atoms with E-state index in [1.807, 2.05) is 18.2 Å². The van der Waals surface area contributed by atoms with Gasteiger partial charge in [0.25, 0.3) is 0 Å². The summed E-state index contributed by atoms with van der Waals surface area (Å²) in [4.78, 5) is 16.7. The Kier molecular flexibility index (Phi) is 3.89. The highest BCUT2D eigenvalue weighted by Crippen LogP contribution is 2.34. The molecule has 17 heavy (non-hydrogen) atoms. The van der Waals surface area contributed by atoms with Crippen molar-refractivity contribution in [1.82, 2.24) is 10.3 Å². The summed E-state index contributed by atoms with van der Waals surface area (Å²) in [5.41, 5.74) is 0.784. The predicted molar refractivity (Wildman–Crippen MR) is 67.8 cm³/mol. The van der Waals surface area contributed by atoms with Crippen molar-refractivity contribution in [2.24, 2.45) is 5.41 Å². The SMILES string of the molecule is CCC1(C(=O)Cc2ccccn2)CCNCC1. The smallest absolute Gasteiger partial charge is 0.145 e. The Morgan fingerprint density at radius 1 is 1.41 bits per heavy atom. The fraction of sp³-hybridized carbons (Fsp3) is 0.571. The normalized spacial score (nSPS) is 18.9. The van der Waals surface area contributed by atoms with Gasteiger partial charge < -0.3 is 5.32 Å². The predicted octanol–water partition coefficient (Wildman–Crippen LogP) is 1.97. The van der Waals surface area contributed by atoms with Gasteiger partial charge in [-0.1, -0.05) is 13.0 Å². The van der Waals surface area contributed by atoms with Crippen molar-refractivity contribution in [3.63, 3.8) is 0 Å². The molecule has 3 heteroatoms. The molecule has 0 aromatic carbocycles. The molecule has 2 heterocycles. The van der Waals surface area contributed by atoms with E-state index >= 15 is 0 Å². The first-order chi connectivity index (χ1) is 8.27. The second-order valence-electron chi connectivity index (χ2n) is 4.80. The number of pyridine rings is 1. The van der Waals surface area contributed by atoms with Crippen molar-refractivity contribution in [1.29, 1.82) is 0 Å². The van der Waals surface area contributed by atoms with E-state index in [2.05, 4.69) is 17.2 Å². The third-order valence-electron chi connectivity index (χ3n) is 3.90. The minimum Gasteiger partial charge on any atom is -0.317 e. The Balaban J connectivity index is 2.07. The molecule has 92 valence electrons. The van der Waals surface area contributed by atoms with Crippen molar-refractivity contribution in [2.45, 2.75) is 32.6 Å². The third kappa shape index (κ3) is 2.72. The minimum atomic E-state index is -0.108. The van der Waals surface area contributed by atoms with Crippen LogP contribution in [-0.4, -0.2) is 23.9 Å². The molecule has 2 rings (SSSR count). The summed E-state index contributed by atoms with van der Waals surface area (Å²) < 4.78 is 0. The minimum absolute atomic E-state index is 0.108. The number of nitrogens with zero attached hydrogens (tertiary/aromatic N) is 1. The maximum absolute atomic E-state index is 12.5. The van der Waals surface area contributed by atoms with Gasteiger partial charge in [0.1, 0.15) is 5.78 Å². The number of carbonyl (C=O) groups is 1. The number of nitrogens with one attached hydrogen (secondary N) is 1. The molecule has 1 aromatic rings. The van der Waals surface area contributed by atoms with Gasteiger partial charge in [0.15, 0.2) is 0 Å². The molecule has 3 nitrogen and oxygen atoms in total. The summed E-state index contributed by atoms with van der Waals surface area (Å²) in [6.45, 7) is 4.05. The lowest BCUT2D eigenvalue weighted by molar-refractivity contribution is -0.129. The van der Waals surface area contributed by atoms with Crippen LogP contribution in [0, 0.1) is 5.41 Å². The second kappa shape index (κ2) is 5.41. The molecule has 1 aromatic heterocycles. The first kappa shape index (κ1) is 12.2. The van der Waals surface area contributed by atoms with Crippen molar-refractivity contribution in [3.8, 4) is 0 Å². The van der Waals surface area contributed by atoms with Crippen molar-refractivity contribution in [2.75, 3.05) is 13.1 Å². The number of hydrogen-bond donors (Lipinski definition) is 1. The van der Waals surface area contributed by atoms with Crippen LogP contribution >= 0.6 is 0 Å². The molecular weight excluding hydrogens is 212 g/mol. The van der Waals surface area contributed by atoms with Crippen molar-refractivity contribution in [3.05, 3.63) is 30.1 Å². The zero-order valence-corrected chi connectivity index (χ0v) is 10.4. The third-order valence-corrected chi connectivity index (χ3v) is 3.90. The van der Waals surface area contributed by atoms with Gasteiger partial charge in [0, 0.05) is 23.7 Å². The molecule has 0 saturated carbocycles. The number of Topliss-reactive ketones (excluding diaryl/α,β-unsaturated/α-hetero) is 1. The van der Waals surface area contributed by atoms with Gasteiger partial charge in [0.05, 0.1) is 0 Å². The van der Waals surface area contributed by atoms with Crippen molar-refractivity contribution < 1.29 is 4.79 Å². The van der Waals surface area contributed by atoms with Crippen LogP contribution in [0.5, 0.6) is 0 Å². The topological polar surface area (TPSA) is 42.0 Å². The highest BCUT2D eigenvalue weighted by molar-refractivity contribution is 5.86. The Hall–Kier alpha value is -1.22. The standard InChI is InChI=1S/C14H20N2O/c1-2-14(6-9-15-10-7-14)13(17)11-12-5-3-4-8-16-12/h3-5,8,15H,2,6-7,9-11H2,1H3. The van der Waals surface area contributed by atoms with Crippen LogP contribution in [0.2, 0.25) is 0 Å². The Bertz CT molecular complexity index is 369. The van der Waals surface area contributed by atoms with E-state index in [0.29, 0.717) is 12.2 Å². The van der Waals surface area contributed by atoms with Crippen LogP contribution in [0.1, 0.15) is 31.9 Å². The molecule has 1 fully saturated rings. The van der Waals surface area contributed by atoms with Gasteiger partial charge in [0.2, 0.25) is 0 Å². The summed E-state index contributed by atoms with van der Waals surface area (Å²) in [7, 11) is 0. The summed E-state index contributed by atoms with van der Waals surface area (Å²) in [6, 6.07) is 5.76. The molecule has 1 saturated heterocycles. The lowest BCUT2D eigenvalue weighted by Gasteiger charge is -2.35. The fourth-order valence-corrected chi connectivity index (χ4v) is 2.59. The lowest BCUT2D eigenvalue weighted by Crippen LogP contribution is -2.42. The average molecular weight is 232 g/mol. The van der Waals surface area contributed by atoms with E-state index in [4.69, 9.17) is 0 Å². The van der Waals surface area contributed by atoms with Crippen LogP contribution in [0.25, 0.3) is 0 Å². The number of carbonyl (C=O) groups excluding carboxylic acids is 1. The highest BCUT2D eigenvalue weighted by atomic mass is 16.1. The van der Waals surface area contributed by atoms with Crippen LogP contribution in [0.15, 0.2) is 24.4 Å². The number of piperidine rings is 1. The van der Waals surface area contributed by atoms with E-state index in [1.54, 1.807) is 6.20 Å². The van der Waals surface area contributed by atoms with Crippen LogP contribution in [0.3, 0.4) is 0 Å². The highest BCUT2D eigenvalue weighted by Gasteiger charge is 2.37. The van der Waals surface area contributed by atoms with E-state index in [9.17, 15) is 4.79 Å². The molecule has 1 aliphatic heterocycles. The molecule has 0 bridgehead atoms. The van der Waals surface area contributed by atoms with Crippen LogP contribution in [0.4, 0.5) is 0 Å². The van der Waals surface area contributed by atoms with Gasteiger partial charge in [-0.2, -0.15) is 0 Å². The Morgan fingerprint density at radius 3 is 2.76 bits per heavy atom. The zero-order valence-electron chi connectivity index (χ0n) is 10.4. The van der Waals surface area contributed by atoms with Crippen LogP contribution in [-0.2, 0) is 11.2 Å². The Morgan fingerprint density at radius 2 is 2.18 bits per heavy atom. The van der Waals surface area contributed by atoms with Gasteiger partial charge >= 0.3 is 0 Å².